The minimum atomic E-state index is 0.297. The van der Waals surface area contributed by atoms with Gasteiger partial charge in [-0.2, -0.15) is 0 Å². The second-order valence-corrected chi connectivity index (χ2v) is 4.88. The number of hydrogen-bond donors (Lipinski definition) is 1. The second-order valence-electron chi connectivity index (χ2n) is 4.88. The third kappa shape index (κ3) is 4.06. The molecule has 5 heteroatoms. The molecule has 0 atom stereocenters. The van der Waals surface area contributed by atoms with E-state index in [2.05, 4.69) is 35.4 Å². The first-order chi connectivity index (χ1) is 9.69. The van der Waals surface area contributed by atoms with Gasteiger partial charge in [-0.1, -0.05) is 39.0 Å². The van der Waals surface area contributed by atoms with Gasteiger partial charge in [0.05, 0.1) is 0 Å². The zero-order valence-electron chi connectivity index (χ0n) is 12.2. The molecule has 108 valence electrons. The van der Waals surface area contributed by atoms with E-state index in [1.54, 1.807) is 0 Å². The summed E-state index contributed by atoms with van der Waals surface area (Å²) < 4.78 is 11.2. The highest BCUT2D eigenvalue weighted by molar-refractivity contribution is 5.33. The number of nitrogens with one attached hydrogen (secondary N) is 1. The van der Waals surface area contributed by atoms with Crippen molar-refractivity contribution in [1.82, 2.24) is 15.5 Å². The van der Waals surface area contributed by atoms with Crippen molar-refractivity contribution >= 4 is 0 Å². The lowest BCUT2D eigenvalue weighted by atomic mass is 10.2. The minimum Gasteiger partial charge on any atom is -0.483 e. The molecule has 0 spiro atoms. The molecule has 0 bridgehead atoms. The Bertz CT molecular complexity index is 537. The molecule has 1 aromatic carbocycles. The van der Waals surface area contributed by atoms with E-state index in [-0.39, 0.29) is 0 Å². The van der Waals surface area contributed by atoms with Crippen LogP contribution in [0.25, 0.3) is 0 Å². The Balaban J connectivity index is 1.97. The zero-order chi connectivity index (χ0) is 14.4. The van der Waals surface area contributed by atoms with Crippen LogP contribution in [0.5, 0.6) is 5.75 Å². The Morgan fingerprint density at radius 3 is 2.65 bits per heavy atom. The third-order valence-corrected chi connectivity index (χ3v) is 2.84. The van der Waals surface area contributed by atoms with Gasteiger partial charge in [0, 0.05) is 24.6 Å². The van der Waals surface area contributed by atoms with Crippen LogP contribution in [0, 0.1) is 0 Å². The van der Waals surface area contributed by atoms with Crippen molar-refractivity contribution in [3.05, 3.63) is 41.6 Å². The summed E-state index contributed by atoms with van der Waals surface area (Å²) in [6.45, 7) is 7.29. The molecule has 0 saturated heterocycles. The fourth-order valence-corrected chi connectivity index (χ4v) is 1.73. The molecule has 1 heterocycles. The lowest BCUT2D eigenvalue weighted by Crippen LogP contribution is -2.22. The van der Waals surface area contributed by atoms with Gasteiger partial charge < -0.3 is 14.5 Å². The van der Waals surface area contributed by atoms with Gasteiger partial charge in [0.1, 0.15) is 5.75 Å². The van der Waals surface area contributed by atoms with Crippen LogP contribution in [0.3, 0.4) is 0 Å². The predicted octanol–water partition coefficient (Wildman–Crippen LogP) is 2.71. The molecular weight excluding hydrogens is 254 g/mol. The minimum absolute atomic E-state index is 0.297. The van der Waals surface area contributed by atoms with Crippen molar-refractivity contribution in [2.45, 2.75) is 46.4 Å². The van der Waals surface area contributed by atoms with Crippen LogP contribution in [-0.4, -0.2) is 16.2 Å². The summed E-state index contributed by atoms with van der Waals surface area (Å²) in [6, 6.07) is 8.40. The average Bonchev–Trinajstić information content (AvgIpc) is 2.91. The molecule has 0 unspecified atom stereocenters. The molecule has 0 aliphatic carbocycles. The van der Waals surface area contributed by atoms with Gasteiger partial charge in [-0.3, -0.25) is 0 Å². The highest BCUT2D eigenvalue weighted by atomic mass is 16.5. The summed E-state index contributed by atoms with van der Waals surface area (Å²) in [4.78, 5) is 0. The van der Waals surface area contributed by atoms with Gasteiger partial charge in [-0.15, -0.1) is 10.2 Å². The van der Waals surface area contributed by atoms with E-state index in [0.717, 1.165) is 24.3 Å². The van der Waals surface area contributed by atoms with E-state index in [0.29, 0.717) is 24.4 Å². The summed E-state index contributed by atoms with van der Waals surface area (Å²) in [7, 11) is 0. The summed E-state index contributed by atoms with van der Waals surface area (Å²) in [5.41, 5.74) is 1.12. The number of benzene rings is 1. The first-order valence-corrected chi connectivity index (χ1v) is 6.94. The summed E-state index contributed by atoms with van der Waals surface area (Å²) >= 11 is 0. The van der Waals surface area contributed by atoms with Crippen molar-refractivity contribution < 1.29 is 9.15 Å². The van der Waals surface area contributed by atoms with Crippen molar-refractivity contribution in [3.8, 4) is 5.75 Å². The molecule has 0 aliphatic heterocycles. The van der Waals surface area contributed by atoms with Crippen LogP contribution in [0.1, 0.15) is 38.1 Å². The molecule has 0 aliphatic rings. The number of aryl methyl sites for hydroxylation is 1. The van der Waals surface area contributed by atoms with Crippen molar-refractivity contribution in [1.29, 1.82) is 0 Å². The largest absolute Gasteiger partial charge is 0.483 e. The topological polar surface area (TPSA) is 60.2 Å². The van der Waals surface area contributed by atoms with Crippen molar-refractivity contribution in [3.63, 3.8) is 0 Å². The molecule has 0 saturated carbocycles. The van der Waals surface area contributed by atoms with Crippen LogP contribution in [0.4, 0.5) is 0 Å². The standard InChI is InChI=1S/C15H21N3O2/c1-4-14-17-18-15(20-14)10-19-13-8-6-5-7-12(13)9-16-11(2)3/h5-8,11,16H,4,9-10H2,1-3H3. The van der Waals surface area contributed by atoms with E-state index in [9.17, 15) is 0 Å². The molecule has 1 aromatic heterocycles. The fraction of sp³-hybridized carbons (Fsp3) is 0.467. The van der Waals surface area contributed by atoms with Crippen LogP contribution in [0.2, 0.25) is 0 Å². The van der Waals surface area contributed by atoms with E-state index in [1.807, 2.05) is 25.1 Å². The van der Waals surface area contributed by atoms with E-state index >= 15 is 0 Å². The first kappa shape index (κ1) is 14.5. The number of ether oxygens (including phenoxy) is 1. The molecule has 2 rings (SSSR count). The fourth-order valence-electron chi connectivity index (χ4n) is 1.73. The van der Waals surface area contributed by atoms with Crippen LogP contribution >= 0.6 is 0 Å². The van der Waals surface area contributed by atoms with Crippen LogP contribution in [0.15, 0.2) is 28.7 Å². The van der Waals surface area contributed by atoms with Gasteiger partial charge in [0.25, 0.3) is 5.89 Å². The maximum absolute atomic E-state index is 5.78. The number of rotatable bonds is 7. The normalized spacial score (nSPS) is 11.0. The summed E-state index contributed by atoms with van der Waals surface area (Å²) in [5, 5.41) is 11.3. The lowest BCUT2D eigenvalue weighted by molar-refractivity contribution is 0.256. The van der Waals surface area contributed by atoms with Crippen molar-refractivity contribution in [2.24, 2.45) is 0 Å². The monoisotopic (exact) mass is 275 g/mol. The van der Waals surface area contributed by atoms with Gasteiger partial charge in [-0.25, -0.2) is 0 Å². The van der Waals surface area contributed by atoms with Gasteiger partial charge in [-0.05, 0) is 6.07 Å². The predicted molar refractivity (Wildman–Crippen MR) is 76.4 cm³/mol. The third-order valence-electron chi connectivity index (χ3n) is 2.84. The molecule has 5 nitrogen and oxygen atoms in total. The van der Waals surface area contributed by atoms with Crippen molar-refractivity contribution in [2.75, 3.05) is 0 Å². The zero-order valence-corrected chi connectivity index (χ0v) is 12.2. The molecule has 0 fully saturated rings. The Labute approximate surface area is 119 Å². The van der Waals surface area contributed by atoms with Crippen LogP contribution in [-0.2, 0) is 19.6 Å². The molecule has 2 aromatic rings. The lowest BCUT2D eigenvalue weighted by Gasteiger charge is -2.12. The van der Waals surface area contributed by atoms with E-state index in [4.69, 9.17) is 9.15 Å². The highest BCUT2D eigenvalue weighted by Gasteiger charge is 2.08. The molecule has 0 radical (unpaired) electrons. The number of nitrogens with zero attached hydrogens (tertiary/aromatic N) is 2. The first-order valence-electron chi connectivity index (χ1n) is 6.94. The summed E-state index contributed by atoms with van der Waals surface area (Å²) in [5.74, 6) is 1.99. The Hall–Kier alpha value is -1.88. The van der Waals surface area contributed by atoms with E-state index in [1.165, 1.54) is 0 Å². The van der Waals surface area contributed by atoms with Gasteiger partial charge in [0.15, 0.2) is 6.61 Å². The van der Waals surface area contributed by atoms with E-state index < -0.39 is 0 Å². The molecule has 0 amide bonds. The Morgan fingerprint density at radius 2 is 1.95 bits per heavy atom. The smallest absolute Gasteiger partial charge is 0.253 e. The maximum atomic E-state index is 5.78. The number of hydrogen-bond acceptors (Lipinski definition) is 5. The molecule has 20 heavy (non-hydrogen) atoms. The van der Waals surface area contributed by atoms with Gasteiger partial charge in [0.2, 0.25) is 5.89 Å². The maximum Gasteiger partial charge on any atom is 0.253 e. The summed E-state index contributed by atoms with van der Waals surface area (Å²) in [6.07, 6.45) is 0.738. The van der Waals surface area contributed by atoms with Gasteiger partial charge >= 0.3 is 0 Å². The quantitative estimate of drug-likeness (QED) is 0.842. The Kier molecular flexibility index (Phi) is 5.12. The Morgan fingerprint density at radius 1 is 1.20 bits per heavy atom. The number of aromatic nitrogens is 2. The number of para-hydroxylation sites is 1. The molecular formula is C15H21N3O2. The SMILES string of the molecule is CCc1nnc(COc2ccccc2CNC(C)C)o1. The molecule has 1 N–H and O–H groups in total. The second kappa shape index (κ2) is 7.05. The highest BCUT2D eigenvalue weighted by Crippen LogP contribution is 2.19. The average molecular weight is 275 g/mol. The van der Waals surface area contributed by atoms with Crippen LogP contribution < -0.4 is 10.1 Å².